The fourth-order valence-electron chi connectivity index (χ4n) is 24.3. The predicted molar refractivity (Wildman–Crippen MR) is 550 cm³/mol. The van der Waals surface area contributed by atoms with Crippen molar-refractivity contribution < 1.29 is 63.0 Å². The van der Waals surface area contributed by atoms with Gasteiger partial charge in [-0.2, -0.15) is 0 Å². The SMILES string of the molecule is CCCN1C(=O)C2CN(C)C(C)CN2c2c1c(=O)n(C)c1c(F)c(C)c(F)cc21.CCN1CC2CN(C)C(C)CN2c2c1c(=O)n(C)c1c(F)c(C)c(F)cc21.Cc1c(F)cc2c3c(c(=O)n(C)c2c1F)N(C)CC1CN(C)C(C)CN31.Cc1c(F)cc2c3c(c(=O)n(C)c2c1F)N(C1CCCCC1)C(=O)C1CN(C)C(C)CN31.Cc1c(F)cc2c3c(c(=O)n(C)c2c1F)N(C1CCOC1)C(=O)C1CN(C)C(C)CN31. The molecule has 0 radical (unpaired) electrons. The summed E-state index contributed by atoms with van der Waals surface area (Å²) in [4.78, 5) is 137. The van der Waals surface area contributed by atoms with E-state index in [0.717, 1.165) is 64.8 Å². The highest BCUT2D eigenvalue weighted by molar-refractivity contribution is 6.16. The van der Waals surface area contributed by atoms with Gasteiger partial charge >= 0.3 is 0 Å². The molecule has 39 heteroatoms. The Labute approximate surface area is 835 Å². The number of hydrogen-bond acceptors (Lipinski definition) is 21. The van der Waals surface area contributed by atoms with Crippen molar-refractivity contribution >= 4 is 129 Å². The largest absolute Gasteiger partial charge is 0.379 e. The zero-order valence-electron chi connectivity index (χ0n) is 87.0. The Hall–Kier alpha value is -11.8. The van der Waals surface area contributed by atoms with Crippen LogP contribution in [0.4, 0.5) is 101 Å². The summed E-state index contributed by atoms with van der Waals surface area (Å²) in [6.45, 7) is 30.7. The molecule has 5 aromatic carbocycles. The number of aromatic nitrogens is 5. The van der Waals surface area contributed by atoms with Gasteiger partial charge in [0, 0.05) is 232 Å². The molecule has 11 aliphatic heterocycles. The highest BCUT2D eigenvalue weighted by atomic mass is 19.2. The summed E-state index contributed by atoms with van der Waals surface area (Å²) in [7, 11) is 19.5. The third kappa shape index (κ3) is 16.5. The average molecular weight is 2020 g/mol. The molecule has 16 heterocycles. The summed E-state index contributed by atoms with van der Waals surface area (Å²) in [5.41, 5.74) is 2.93. The van der Waals surface area contributed by atoms with E-state index in [4.69, 9.17) is 4.74 Å². The van der Waals surface area contributed by atoms with Crippen molar-refractivity contribution in [3.63, 3.8) is 0 Å². The lowest BCUT2D eigenvalue weighted by Gasteiger charge is -2.51. The summed E-state index contributed by atoms with van der Waals surface area (Å²) < 4.78 is 160. The number of aryl methyl sites for hydroxylation is 5. The quantitative estimate of drug-likeness (QED) is 0.146. The van der Waals surface area contributed by atoms with Crippen LogP contribution in [0.3, 0.4) is 0 Å². The molecule has 0 N–H and O–H groups in total. The number of carbonyl (C=O) groups is 3. The van der Waals surface area contributed by atoms with Gasteiger partial charge in [0.05, 0.1) is 80.8 Å². The second-order valence-corrected chi connectivity index (χ2v) is 42.5. The molecular formula is C106H132F10N20O9. The van der Waals surface area contributed by atoms with E-state index in [1.165, 1.54) is 114 Å². The minimum absolute atomic E-state index is 0.0519. The minimum atomic E-state index is -0.747. The van der Waals surface area contributed by atoms with Gasteiger partial charge in [-0.1, -0.05) is 26.2 Å². The van der Waals surface area contributed by atoms with E-state index >= 15 is 13.2 Å². The number of anilines is 10. The van der Waals surface area contributed by atoms with Crippen molar-refractivity contribution in [3.05, 3.63) is 168 Å². The second kappa shape index (κ2) is 38.8. The van der Waals surface area contributed by atoms with Gasteiger partial charge in [0.2, 0.25) is 0 Å². The number of hydrogen-bond donors (Lipinski definition) is 0. The van der Waals surface area contributed by atoms with Gasteiger partial charge in [-0.05, 0) is 167 Å². The van der Waals surface area contributed by atoms with Crippen molar-refractivity contribution in [1.82, 2.24) is 47.3 Å². The third-order valence-electron chi connectivity index (χ3n) is 33.6. The van der Waals surface area contributed by atoms with Crippen molar-refractivity contribution in [2.24, 2.45) is 35.2 Å². The highest BCUT2D eigenvalue weighted by Crippen LogP contribution is 2.51. The van der Waals surface area contributed by atoms with Crippen molar-refractivity contribution in [3.8, 4) is 0 Å². The molecule has 22 rings (SSSR count). The van der Waals surface area contributed by atoms with Gasteiger partial charge in [-0.3, -0.25) is 67.8 Å². The van der Waals surface area contributed by atoms with E-state index < -0.39 is 93.0 Å². The number of ether oxygens (including phenoxy) is 1. The number of halogens is 10. The molecule has 145 heavy (non-hydrogen) atoms. The lowest BCUT2D eigenvalue weighted by molar-refractivity contribution is -0.122. The van der Waals surface area contributed by atoms with Crippen LogP contribution in [0.15, 0.2) is 54.3 Å². The fourth-order valence-corrected chi connectivity index (χ4v) is 24.3. The van der Waals surface area contributed by atoms with E-state index in [2.05, 4.69) is 74.1 Å². The second-order valence-electron chi connectivity index (χ2n) is 42.5. The summed E-state index contributed by atoms with van der Waals surface area (Å²) in [6.07, 6.45) is 6.08. The molecule has 0 bridgehead atoms. The maximum atomic E-state index is 15.3. The van der Waals surface area contributed by atoms with Gasteiger partial charge in [0.15, 0.2) is 29.1 Å². The maximum absolute atomic E-state index is 15.3. The van der Waals surface area contributed by atoms with Crippen LogP contribution in [0.25, 0.3) is 54.5 Å². The van der Waals surface area contributed by atoms with E-state index in [1.807, 2.05) is 75.5 Å². The van der Waals surface area contributed by atoms with Gasteiger partial charge in [0.25, 0.3) is 45.5 Å². The Morgan fingerprint density at radius 2 is 0.593 bits per heavy atom. The van der Waals surface area contributed by atoms with Crippen molar-refractivity contribution in [2.45, 2.75) is 201 Å². The lowest BCUT2D eigenvalue weighted by Crippen LogP contribution is -2.66. The molecule has 5 aromatic heterocycles. The first-order chi connectivity index (χ1) is 68.6. The summed E-state index contributed by atoms with van der Waals surface area (Å²) >= 11 is 0. The molecule has 10 aromatic rings. The van der Waals surface area contributed by atoms with Crippen LogP contribution < -0.4 is 76.8 Å². The van der Waals surface area contributed by atoms with Crippen LogP contribution in [0.5, 0.6) is 0 Å². The zero-order chi connectivity index (χ0) is 105. The van der Waals surface area contributed by atoms with Gasteiger partial charge < -0.3 is 71.7 Å². The van der Waals surface area contributed by atoms with Crippen LogP contribution in [-0.2, 0) is 54.4 Å². The standard InChI is InChI=1S/C24H30F2N4O2.C22H26F2N4O3.C21H26F2N4O2.C20H26F2N4O.C19H24F2N4O/c1-13-11-29-18(12-27(13)3)23(31)30(15-8-6-5-7-9-15)22-21(29)16-10-17(25)14(2)19(26)20(16)28(4)24(22)32;1-11-8-27-16(9-25(11)3)21(29)28(13-5-6-31-10-13)20-19(27)14-7-15(23)12(2)17(24)18(14)26(4)22(20)30;1-6-7-26-19-18(27-9-11(2)24(4)10-15(27)20(26)28)13-8-14(22)12(3)16(23)17(13)25(5)21(19)29;1-6-25-10-13-9-23(4)11(2)8-26(13)18-14-7-15(21)12(3)16(22)17(14)24(5)20(27)19(18)25;1-10-7-25-12(8-22(10)3)9-23(4)18-17(25)13-6-14(20)11(2)15(21)16(13)24(5)19(18)26/h10,13,15,18H,5-9,11-12H2,1-4H3;7,11,13,16H,5-6,8-10H2,1-4H3;8,11,15H,6-7,9-10H2,1-5H3;7,11,13H,6,8-10H2,1-5H3;6,10,12H,7-9H2,1-5H3. The number of nitrogens with zero attached hydrogens (tertiary/aromatic N) is 20. The number of carbonyl (C=O) groups excluding carboxylic acids is 3. The van der Waals surface area contributed by atoms with E-state index in [1.54, 1.807) is 23.9 Å². The first kappa shape index (κ1) is 103. The van der Waals surface area contributed by atoms with Crippen molar-refractivity contribution in [2.75, 3.05) is 196 Å². The minimum Gasteiger partial charge on any atom is -0.379 e. The van der Waals surface area contributed by atoms with Crippen LogP contribution >= 0.6 is 0 Å². The lowest BCUT2D eigenvalue weighted by atomic mass is 9.90. The monoisotopic (exact) mass is 2020 g/mol. The summed E-state index contributed by atoms with van der Waals surface area (Å²) in [5.74, 6) is -7.01. The summed E-state index contributed by atoms with van der Waals surface area (Å²) in [6, 6.07) is 6.18. The zero-order valence-corrected chi connectivity index (χ0v) is 87.0. The Morgan fingerprint density at radius 3 is 0.931 bits per heavy atom. The number of fused-ring (bicyclic) bond motifs is 25. The molecule has 11 atom stereocenters. The van der Waals surface area contributed by atoms with Crippen molar-refractivity contribution in [1.29, 1.82) is 0 Å². The number of benzene rings is 5. The highest BCUT2D eigenvalue weighted by Gasteiger charge is 2.53. The number of piperazine rings is 5. The normalized spacial score (nSPS) is 24.0. The maximum Gasteiger partial charge on any atom is 0.277 e. The van der Waals surface area contributed by atoms with Crippen LogP contribution in [0.1, 0.15) is 121 Å². The molecule has 3 amide bonds. The number of rotatable bonds is 5. The van der Waals surface area contributed by atoms with Gasteiger partial charge in [-0.15, -0.1) is 0 Å². The fraction of sp³-hybridized carbons (Fsp3) is 0.547. The first-order valence-corrected chi connectivity index (χ1v) is 50.5. The first-order valence-electron chi connectivity index (χ1n) is 50.5. The number of likely N-dealkylation sites (N-methyl/N-ethyl adjacent to an activating group) is 7. The number of pyridine rings is 5. The average Bonchev–Trinajstić information content (AvgIpc) is 1.35. The smallest absolute Gasteiger partial charge is 0.277 e. The predicted octanol–water partition coefficient (Wildman–Crippen LogP) is 12.0. The molecule has 780 valence electrons. The molecule has 1 aliphatic carbocycles. The molecule has 7 fully saturated rings. The molecule has 6 saturated heterocycles. The topological polar surface area (TPSA) is 219 Å². The third-order valence-corrected chi connectivity index (χ3v) is 33.6. The molecule has 1 saturated carbocycles. The molecule has 29 nitrogen and oxygen atoms in total. The molecule has 11 unspecified atom stereocenters. The molecular weight excluding hydrogens is 1890 g/mol. The van der Waals surface area contributed by atoms with Crippen LogP contribution in [0, 0.1) is 92.8 Å². The molecule has 12 aliphatic rings. The van der Waals surface area contributed by atoms with E-state index in [-0.39, 0.29) is 144 Å². The van der Waals surface area contributed by atoms with E-state index in [0.29, 0.717) is 164 Å². The van der Waals surface area contributed by atoms with E-state index in [9.17, 15) is 69.1 Å². The van der Waals surface area contributed by atoms with Gasteiger partial charge in [-0.25, -0.2) is 43.9 Å². The number of amides is 3. The van der Waals surface area contributed by atoms with Gasteiger partial charge in [0.1, 0.15) is 75.6 Å². The Morgan fingerprint density at radius 1 is 0.303 bits per heavy atom. The summed E-state index contributed by atoms with van der Waals surface area (Å²) in [5, 5.41) is 1.95. The Kier molecular flexibility index (Phi) is 27.6. The Bertz CT molecular complexity index is 7340. The Balaban J connectivity index is 0.000000119. The van der Waals surface area contributed by atoms with Crippen LogP contribution in [0.2, 0.25) is 0 Å². The molecule has 0 spiro atoms. The van der Waals surface area contributed by atoms with Crippen LogP contribution in [-0.4, -0.2) is 285 Å².